The van der Waals surface area contributed by atoms with Gasteiger partial charge in [-0.2, -0.15) is 11.8 Å². The maximum absolute atomic E-state index is 3.54. The molecule has 2 atom stereocenters. The molecule has 0 aliphatic rings. The van der Waals surface area contributed by atoms with Crippen LogP contribution in [0.4, 0.5) is 0 Å². The second kappa shape index (κ2) is 7.69. The first-order valence-electron chi connectivity index (χ1n) is 5.42. The Labute approximate surface area is 88.1 Å². The molecule has 0 aromatic carbocycles. The van der Waals surface area contributed by atoms with Crippen molar-refractivity contribution in [1.82, 2.24) is 5.32 Å². The van der Waals surface area contributed by atoms with E-state index < -0.39 is 0 Å². The van der Waals surface area contributed by atoms with Crippen molar-refractivity contribution in [3.8, 4) is 0 Å². The summed E-state index contributed by atoms with van der Waals surface area (Å²) in [6, 6.07) is 0.650. The Kier molecular flexibility index (Phi) is 7.87. The van der Waals surface area contributed by atoms with Crippen molar-refractivity contribution in [2.75, 3.05) is 12.3 Å². The van der Waals surface area contributed by atoms with Crippen LogP contribution in [-0.4, -0.2) is 23.6 Å². The minimum Gasteiger partial charge on any atom is -0.313 e. The van der Waals surface area contributed by atoms with Crippen LogP contribution < -0.4 is 5.32 Å². The molecule has 0 aromatic rings. The van der Waals surface area contributed by atoms with Crippen LogP contribution in [0.15, 0.2) is 0 Å². The predicted octanol–water partition coefficient (Wildman–Crippen LogP) is 3.15. The van der Waals surface area contributed by atoms with E-state index in [2.05, 4.69) is 51.7 Å². The first-order valence-corrected chi connectivity index (χ1v) is 6.47. The summed E-state index contributed by atoms with van der Waals surface area (Å²) >= 11 is 2.07. The standard InChI is InChI=1S/C11H25NS/c1-6-10(4)13-8-7-12-11(5)9(2)3/h9-12H,6-8H2,1-5H3. The Morgan fingerprint density at radius 2 is 1.77 bits per heavy atom. The van der Waals surface area contributed by atoms with Crippen LogP contribution in [0.1, 0.15) is 41.0 Å². The second-order valence-corrected chi connectivity index (χ2v) is 5.62. The van der Waals surface area contributed by atoms with Crippen LogP contribution in [0.25, 0.3) is 0 Å². The fraction of sp³-hybridized carbons (Fsp3) is 1.00. The van der Waals surface area contributed by atoms with Gasteiger partial charge in [-0.25, -0.2) is 0 Å². The third-order valence-corrected chi connectivity index (χ3v) is 3.89. The Hall–Kier alpha value is 0.310. The molecule has 0 radical (unpaired) electrons. The fourth-order valence-corrected chi connectivity index (χ4v) is 1.77. The number of thioether (sulfide) groups is 1. The minimum absolute atomic E-state index is 0.650. The van der Waals surface area contributed by atoms with Crippen LogP contribution in [0.2, 0.25) is 0 Å². The SMILES string of the molecule is CCC(C)SCCNC(C)C(C)C. The van der Waals surface area contributed by atoms with Crippen LogP contribution in [-0.2, 0) is 0 Å². The number of hydrogen-bond acceptors (Lipinski definition) is 2. The molecule has 0 bridgehead atoms. The predicted molar refractivity (Wildman–Crippen MR) is 64.5 cm³/mol. The largest absolute Gasteiger partial charge is 0.313 e. The zero-order valence-electron chi connectivity index (χ0n) is 9.76. The summed E-state index contributed by atoms with van der Waals surface area (Å²) in [6.45, 7) is 12.5. The van der Waals surface area contributed by atoms with Crippen molar-refractivity contribution < 1.29 is 0 Å². The third kappa shape index (κ3) is 7.39. The maximum atomic E-state index is 3.54. The van der Waals surface area contributed by atoms with Crippen molar-refractivity contribution in [1.29, 1.82) is 0 Å². The molecule has 1 N–H and O–H groups in total. The Morgan fingerprint density at radius 1 is 1.15 bits per heavy atom. The molecule has 0 fully saturated rings. The smallest absolute Gasteiger partial charge is 0.00620 e. The monoisotopic (exact) mass is 203 g/mol. The molecule has 0 amide bonds. The van der Waals surface area contributed by atoms with E-state index in [1.165, 1.54) is 12.2 Å². The molecular weight excluding hydrogens is 178 g/mol. The second-order valence-electron chi connectivity index (χ2n) is 4.08. The molecule has 0 aromatic heterocycles. The Bertz CT molecular complexity index is 115. The van der Waals surface area contributed by atoms with Crippen molar-refractivity contribution in [3.05, 3.63) is 0 Å². The van der Waals surface area contributed by atoms with Gasteiger partial charge in [-0.3, -0.25) is 0 Å². The van der Waals surface area contributed by atoms with Gasteiger partial charge in [-0.15, -0.1) is 0 Å². The van der Waals surface area contributed by atoms with E-state index in [4.69, 9.17) is 0 Å². The van der Waals surface area contributed by atoms with Gasteiger partial charge in [0.15, 0.2) is 0 Å². The van der Waals surface area contributed by atoms with Gasteiger partial charge in [0.1, 0.15) is 0 Å². The van der Waals surface area contributed by atoms with Gasteiger partial charge in [0.25, 0.3) is 0 Å². The van der Waals surface area contributed by atoms with Gasteiger partial charge in [0.05, 0.1) is 0 Å². The van der Waals surface area contributed by atoms with E-state index in [9.17, 15) is 0 Å². The molecule has 0 heterocycles. The van der Waals surface area contributed by atoms with Gasteiger partial charge in [0, 0.05) is 23.6 Å². The summed E-state index contributed by atoms with van der Waals surface area (Å²) in [7, 11) is 0. The summed E-state index contributed by atoms with van der Waals surface area (Å²) in [6.07, 6.45) is 1.28. The van der Waals surface area contributed by atoms with Gasteiger partial charge in [0.2, 0.25) is 0 Å². The minimum atomic E-state index is 0.650. The average molecular weight is 203 g/mol. The summed E-state index contributed by atoms with van der Waals surface area (Å²) in [5.41, 5.74) is 0. The van der Waals surface area contributed by atoms with E-state index in [0.29, 0.717) is 6.04 Å². The van der Waals surface area contributed by atoms with Gasteiger partial charge in [-0.1, -0.05) is 27.7 Å². The molecule has 0 spiro atoms. The van der Waals surface area contributed by atoms with Gasteiger partial charge >= 0.3 is 0 Å². The molecule has 0 saturated heterocycles. The molecule has 80 valence electrons. The highest BCUT2D eigenvalue weighted by Crippen LogP contribution is 2.12. The molecule has 0 saturated carbocycles. The van der Waals surface area contributed by atoms with E-state index in [-0.39, 0.29) is 0 Å². The van der Waals surface area contributed by atoms with Crippen molar-refractivity contribution in [2.45, 2.75) is 52.3 Å². The average Bonchev–Trinajstić information content (AvgIpc) is 2.11. The summed E-state index contributed by atoms with van der Waals surface area (Å²) in [4.78, 5) is 0. The van der Waals surface area contributed by atoms with E-state index >= 15 is 0 Å². The zero-order valence-corrected chi connectivity index (χ0v) is 10.6. The van der Waals surface area contributed by atoms with Crippen molar-refractivity contribution in [3.63, 3.8) is 0 Å². The quantitative estimate of drug-likeness (QED) is 0.638. The van der Waals surface area contributed by atoms with Crippen LogP contribution >= 0.6 is 11.8 Å². The lowest BCUT2D eigenvalue weighted by Crippen LogP contribution is -2.32. The van der Waals surface area contributed by atoms with Crippen LogP contribution in [0.5, 0.6) is 0 Å². The number of nitrogens with one attached hydrogen (secondary N) is 1. The van der Waals surface area contributed by atoms with E-state index in [1.54, 1.807) is 0 Å². The molecule has 13 heavy (non-hydrogen) atoms. The summed E-state index contributed by atoms with van der Waals surface area (Å²) < 4.78 is 0. The van der Waals surface area contributed by atoms with Gasteiger partial charge < -0.3 is 5.32 Å². The number of hydrogen-bond donors (Lipinski definition) is 1. The van der Waals surface area contributed by atoms with E-state index in [1.807, 2.05) is 0 Å². The first kappa shape index (κ1) is 13.3. The van der Waals surface area contributed by atoms with Gasteiger partial charge in [-0.05, 0) is 19.3 Å². The highest BCUT2D eigenvalue weighted by atomic mass is 32.2. The summed E-state index contributed by atoms with van der Waals surface area (Å²) in [5.74, 6) is 1.99. The Morgan fingerprint density at radius 3 is 2.23 bits per heavy atom. The highest BCUT2D eigenvalue weighted by Gasteiger charge is 2.05. The lowest BCUT2D eigenvalue weighted by molar-refractivity contribution is 0.438. The molecular formula is C11H25NS. The molecule has 0 rings (SSSR count). The highest BCUT2D eigenvalue weighted by molar-refractivity contribution is 7.99. The molecule has 2 heteroatoms. The summed E-state index contributed by atoms with van der Waals surface area (Å²) in [5, 5.41) is 4.36. The number of rotatable bonds is 7. The molecule has 0 aliphatic heterocycles. The van der Waals surface area contributed by atoms with Crippen LogP contribution in [0, 0.1) is 5.92 Å². The topological polar surface area (TPSA) is 12.0 Å². The van der Waals surface area contributed by atoms with Crippen molar-refractivity contribution >= 4 is 11.8 Å². The third-order valence-electron chi connectivity index (χ3n) is 2.55. The molecule has 1 nitrogen and oxygen atoms in total. The van der Waals surface area contributed by atoms with Crippen LogP contribution in [0.3, 0.4) is 0 Å². The van der Waals surface area contributed by atoms with E-state index in [0.717, 1.165) is 17.7 Å². The van der Waals surface area contributed by atoms with Crippen molar-refractivity contribution in [2.24, 2.45) is 5.92 Å². The normalized spacial score (nSPS) is 16.2. The lowest BCUT2D eigenvalue weighted by atomic mass is 10.1. The Balaban J connectivity index is 3.25. The first-order chi connectivity index (χ1) is 6.07. The lowest BCUT2D eigenvalue weighted by Gasteiger charge is -2.17. The molecule has 2 unspecified atom stereocenters. The zero-order chi connectivity index (χ0) is 10.3. The maximum Gasteiger partial charge on any atom is 0.00620 e. The fourth-order valence-electron chi connectivity index (χ4n) is 0.900. The molecule has 0 aliphatic carbocycles.